The van der Waals surface area contributed by atoms with E-state index in [1.54, 1.807) is 12.1 Å². The molecule has 2 aromatic rings. The van der Waals surface area contributed by atoms with Crippen LogP contribution < -0.4 is 5.73 Å². The van der Waals surface area contributed by atoms with Crippen molar-refractivity contribution in [1.29, 1.82) is 0 Å². The molecule has 0 unspecified atom stereocenters. The molecular formula is C14H14ClNO. The highest BCUT2D eigenvalue weighted by atomic mass is 35.5. The first-order valence-corrected chi connectivity index (χ1v) is 5.81. The minimum Gasteiger partial charge on any atom is -0.384 e. The number of aliphatic hydroxyl groups is 1. The molecule has 0 bridgehead atoms. The molecule has 0 spiro atoms. The second-order valence-corrected chi connectivity index (χ2v) is 4.29. The Labute approximate surface area is 106 Å². The van der Waals surface area contributed by atoms with E-state index in [0.717, 1.165) is 16.7 Å². The molecule has 0 aliphatic carbocycles. The van der Waals surface area contributed by atoms with Gasteiger partial charge in [0.2, 0.25) is 0 Å². The number of rotatable bonds is 3. The van der Waals surface area contributed by atoms with E-state index in [0.29, 0.717) is 11.6 Å². The molecule has 0 radical (unpaired) electrons. The van der Waals surface area contributed by atoms with Gasteiger partial charge in [-0.15, -0.1) is 0 Å². The van der Waals surface area contributed by atoms with Gasteiger partial charge in [-0.25, -0.2) is 0 Å². The predicted molar refractivity (Wildman–Crippen MR) is 69.8 cm³/mol. The zero-order valence-corrected chi connectivity index (χ0v) is 10.1. The van der Waals surface area contributed by atoms with Crippen LogP contribution in [0.25, 0.3) is 0 Å². The van der Waals surface area contributed by atoms with Gasteiger partial charge in [0.15, 0.2) is 0 Å². The smallest absolute Gasteiger partial charge is 0.104 e. The zero-order valence-electron chi connectivity index (χ0n) is 9.31. The molecule has 2 nitrogen and oxygen atoms in total. The van der Waals surface area contributed by atoms with Crippen molar-refractivity contribution in [2.75, 3.05) is 0 Å². The number of nitrogens with two attached hydrogens (primary N) is 1. The second-order valence-electron chi connectivity index (χ2n) is 3.86. The van der Waals surface area contributed by atoms with Crippen LogP contribution in [-0.2, 0) is 6.54 Å². The summed E-state index contributed by atoms with van der Waals surface area (Å²) in [7, 11) is 0. The van der Waals surface area contributed by atoms with Crippen molar-refractivity contribution in [3.63, 3.8) is 0 Å². The lowest BCUT2D eigenvalue weighted by atomic mass is 9.97. The lowest BCUT2D eigenvalue weighted by Gasteiger charge is -2.15. The van der Waals surface area contributed by atoms with Gasteiger partial charge in [0.25, 0.3) is 0 Å². The van der Waals surface area contributed by atoms with E-state index in [-0.39, 0.29) is 0 Å². The van der Waals surface area contributed by atoms with Gasteiger partial charge in [-0.3, -0.25) is 0 Å². The van der Waals surface area contributed by atoms with Crippen molar-refractivity contribution in [3.8, 4) is 0 Å². The second kappa shape index (κ2) is 5.32. The Balaban J connectivity index is 2.36. The summed E-state index contributed by atoms with van der Waals surface area (Å²) in [5.41, 5.74) is 8.27. The quantitative estimate of drug-likeness (QED) is 0.876. The topological polar surface area (TPSA) is 46.2 Å². The van der Waals surface area contributed by atoms with E-state index in [4.69, 9.17) is 17.3 Å². The average molecular weight is 248 g/mol. The Bertz CT molecular complexity index is 496. The van der Waals surface area contributed by atoms with Crippen LogP contribution in [0, 0.1) is 0 Å². The Morgan fingerprint density at radius 1 is 1.06 bits per heavy atom. The Morgan fingerprint density at radius 2 is 1.71 bits per heavy atom. The molecule has 0 aliphatic rings. The largest absolute Gasteiger partial charge is 0.384 e. The van der Waals surface area contributed by atoms with E-state index in [2.05, 4.69) is 0 Å². The monoisotopic (exact) mass is 247 g/mol. The van der Waals surface area contributed by atoms with Crippen molar-refractivity contribution < 1.29 is 5.11 Å². The molecule has 0 fully saturated rings. The van der Waals surface area contributed by atoms with Crippen LogP contribution in [0.1, 0.15) is 22.8 Å². The SMILES string of the molecule is NCc1ccccc1[C@H](O)c1ccc(Cl)cc1. The van der Waals surface area contributed by atoms with Gasteiger partial charge in [0.1, 0.15) is 6.10 Å². The summed E-state index contributed by atoms with van der Waals surface area (Å²) in [6.07, 6.45) is -0.660. The van der Waals surface area contributed by atoms with E-state index in [1.807, 2.05) is 36.4 Å². The maximum absolute atomic E-state index is 10.3. The third-order valence-electron chi connectivity index (χ3n) is 2.76. The van der Waals surface area contributed by atoms with Crippen LogP contribution in [0.15, 0.2) is 48.5 Å². The number of aliphatic hydroxyl groups excluding tert-OH is 1. The standard InChI is InChI=1S/C14H14ClNO/c15-12-7-5-10(6-8-12)14(17)13-4-2-1-3-11(13)9-16/h1-8,14,17H,9,16H2/t14-/m1/s1. The first-order valence-electron chi connectivity index (χ1n) is 5.44. The molecule has 0 saturated heterocycles. The highest BCUT2D eigenvalue weighted by molar-refractivity contribution is 6.30. The summed E-state index contributed by atoms with van der Waals surface area (Å²) in [5, 5.41) is 11.0. The Kier molecular flexibility index (Phi) is 3.79. The summed E-state index contributed by atoms with van der Waals surface area (Å²) in [6, 6.07) is 14.8. The molecule has 2 rings (SSSR count). The fourth-order valence-corrected chi connectivity index (χ4v) is 1.94. The van der Waals surface area contributed by atoms with Crippen molar-refractivity contribution in [3.05, 3.63) is 70.2 Å². The molecular weight excluding hydrogens is 234 g/mol. The summed E-state index contributed by atoms with van der Waals surface area (Å²) < 4.78 is 0. The van der Waals surface area contributed by atoms with Gasteiger partial charge in [-0.05, 0) is 28.8 Å². The zero-order chi connectivity index (χ0) is 12.3. The number of hydrogen-bond donors (Lipinski definition) is 2. The Hall–Kier alpha value is -1.35. The average Bonchev–Trinajstić information content (AvgIpc) is 2.39. The third-order valence-corrected chi connectivity index (χ3v) is 3.01. The highest BCUT2D eigenvalue weighted by Gasteiger charge is 2.13. The minimum atomic E-state index is -0.660. The molecule has 0 heterocycles. The summed E-state index contributed by atoms with van der Waals surface area (Å²) >= 11 is 5.82. The van der Waals surface area contributed by atoms with Crippen molar-refractivity contribution >= 4 is 11.6 Å². The van der Waals surface area contributed by atoms with Gasteiger partial charge in [0.05, 0.1) is 0 Å². The lowest BCUT2D eigenvalue weighted by molar-refractivity contribution is 0.219. The molecule has 0 aromatic heterocycles. The highest BCUT2D eigenvalue weighted by Crippen LogP contribution is 2.25. The molecule has 2 aromatic carbocycles. The van der Waals surface area contributed by atoms with Gasteiger partial charge in [-0.2, -0.15) is 0 Å². The minimum absolute atomic E-state index is 0.417. The van der Waals surface area contributed by atoms with Crippen LogP contribution in [0.2, 0.25) is 5.02 Å². The van der Waals surface area contributed by atoms with E-state index in [9.17, 15) is 5.11 Å². The molecule has 3 heteroatoms. The molecule has 0 aliphatic heterocycles. The first-order chi connectivity index (χ1) is 8.22. The van der Waals surface area contributed by atoms with Crippen LogP contribution in [0.5, 0.6) is 0 Å². The van der Waals surface area contributed by atoms with E-state index in [1.165, 1.54) is 0 Å². The maximum atomic E-state index is 10.3. The van der Waals surface area contributed by atoms with Crippen LogP contribution >= 0.6 is 11.6 Å². The first kappa shape index (κ1) is 12.1. The summed E-state index contributed by atoms with van der Waals surface area (Å²) in [4.78, 5) is 0. The molecule has 1 atom stereocenters. The number of benzene rings is 2. The summed E-state index contributed by atoms with van der Waals surface area (Å²) in [6.45, 7) is 0.417. The molecule has 3 N–H and O–H groups in total. The molecule has 88 valence electrons. The fourth-order valence-electron chi connectivity index (χ4n) is 1.81. The summed E-state index contributed by atoms with van der Waals surface area (Å²) in [5.74, 6) is 0. The third kappa shape index (κ3) is 2.67. The molecule has 0 amide bonds. The Morgan fingerprint density at radius 3 is 2.35 bits per heavy atom. The van der Waals surface area contributed by atoms with Crippen molar-refractivity contribution in [2.45, 2.75) is 12.6 Å². The van der Waals surface area contributed by atoms with Crippen LogP contribution in [-0.4, -0.2) is 5.11 Å². The van der Waals surface area contributed by atoms with Gasteiger partial charge in [0, 0.05) is 11.6 Å². The van der Waals surface area contributed by atoms with Gasteiger partial charge in [-0.1, -0.05) is 48.0 Å². The van der Waals surface area contributed by atoms with E-state index < -0.39 is 6.10 Å². The predicted octanol–water partition coefficient (Wildman–Crippen LogP) is 2.88. The fraction of sp³-hybridized carbons (Fsp3) is 0.143. The maximum Gasteiger partial charge on any atom is 0.104 e. The molecule has 0 saturated carbocycles. The number of hydrogen-bond acceptors (Lipinski definition) is 2. The van der Waals surface area contributed by atoms with Crippen molar-refractivity contribution in [1.82, 2.24) is 0 Å². The van der Waals surface area contributed by atoms with Crippen LogP contribution in [0.4, 0.5) is 0 Å². The van der Waals surface area contributed by atoms with Crippen LogP contribution in [0.3, 0.4) is 0 Å². The van der Waals surface area contributed by atoms with E-state index >= 15 is 0 Å². The van der Waals surface area contributed by atoms with Gasteiger partial charge >= 0.3 is 0 Å². The molecule has 17 heavy (non-hydrogen) atoms. The number of halogens is 1. The normalized spacial score (nSPS) is 12.4. The van der Waals surface area contributed by atoms with Gasteiger partial charge < -0.3 is 10.8 Å². The van der Waals surface area contributed by atoms with Crippen molar-refractivity contribution in [2.24, 2.45) is 5.73 Å². The lowest BCUT2D eigenvalue weighted by Crippen LogP contribution is -2.07.